The topological polar surface area (TPSA) is 120 Å². The van der Waals surface area contributed by atoms with Gasteiger partial charge in [0.1, 0.15) is 9.96 Å². The molecule has 2 aromatic rings. The Hall–Kier alpha value is -2.66. The number of benzene rings is 1. The van der Waals surface area contributed by atoms with Gasteiger partial charge in [0.15, 0.2) is 0 Å². The molecule has 0 saturated heterocycles. The highest BCUT2D eigenvalue weighted by Gasteiger charge is 2.19. The molecule has 0 fully saturated rings. The molecule has 0 amide bonds. The highest BCUT2D eigenvalue weighted by atomic mass is 32.2. The second-order valence-electron chi connectivity index (χ2n) is 4.31. The van der Waals surface area contributed by atoms with Gasteiger partial charge in [-0.3, -0.25) is 10.1 Å². The molecule has 24 heavy (non-hydrogen) atoms. The summed E-state index contributed by atoms with van der Waals surface area (Å²) in [7, 11) is -1.11. The molecule has 1 heterocycles. The van der Waals surface area contributed by atoms with Gasteiger partial charge in [-0.05, 0) is 11.4 Å². The van der Waals surface area contributed by atoms with Crippen LogP contribution in [-0.4, -0.2) is 33.8 Å². The van der Waals surface area contributed by atoms with Crippen molar-refractivity contribution >= 4 is 33.3 Å². The first-order valence-corrected chi connectivity index (χ1v) is 8.74. The Labute approximate surface area is 141 Å². The third-order valence-corrected chi connectivity index (χ3v) is 5.48. The van der Waals surface area contributed by atoms with E-state index >= 15 is 0 Å². The average molecular weight is 371 g/mol. The number of ether oxygens (including phenoxy) is 2. The fourth-order valence-electron chi connectivity index (χ4n) is 1.78. The largest absolute Gasteiger partial charge is 0.496 e. The zero-order valence-electron chi connectivity index (χ0n) is 12.6. The number of methoxy groups -OCH3 is 2. The fraction of sp³-hybridized carbons (Fsp3) is 0.154. The van der Waals surface area contributed by atoms with E-state index in [1.54, 1.807) is 11.4 Å². The number of hydrogen-bond acceptors (Lipinski definition) is 8. The highest BCUT2D eigenvalue weighted by Crippen LogP contribution is 2.33. The van der Waals surface area contributed by atoms with Gasteiger partial charge < -0.3 is 9.47 Å². The zero-order chi connectivity index (χ0) is 17.7. The lowest BCUT2D eigenvalue weighted by molar-refractivity contribution is -0.385. The monoisotopic (exact) mass is 371 g/mol. The van der Waals surface area contributed by atoms with Crippen LogP contribution in [0.5, 0.6) is 11.5 Å². The van der Waals surface area contributed by atoms with Crippen LogP contribution in [0.25, 0.3) is 0 Å². The van der Waals surface area contributed by atoms with Crippen LogP contribution in [0.3, 0.4) is 0 Å². The lowest BCUT2D eigenvalue weighted by atomic mass is 10.1. The van der Waals surface area contributed by atoms with E-state index in [2.05, 4.69) is 5.10 Å². The van der Waals surface area contributed by atoms with E-state index in [-0.39, 0.29) is 27.0 Å². The smallest absolute Gasteiger partial charge is 0.311 e. The Morgan fingerprint density at radius 1 is 1.29 bits per heavy atom. The second kappa shape index (κ2) is 7.27. The van der Waals surface area contributed by atoms with Gasteiger partial charge in [-0.25, -0.2) is 0 Å². The van der Waals surface area contributed by atoms with E-state index in [1.807, 2.05) is 4.83 Å². The molecule has 2 rings (SSSR count). The summed E-state index contributed by atoms with van der Waals surface area (Å²) in [6.07, 6.45) is 1.12. The van der Waals surface area contributed by atoms with Gasteiger partial charge in [0, 0.05) is 17.7 Å². The Morgan fingerprint density at radius 3 is 2.54 bits per heavy atom. The molecule has 0 aliphatic carbocycles. The summed E-state index contributed by atoms with van der Waals surface area (Å²) in [6.45, 7) is 0. The average Bonchev–Trinajstić information content (AvgIpc) is 3.09. The van der Waals surface area contributed by atoms with Gasteiger partial charge >= 0.3 is 5.69 Å². The third kappa shape index (κ3) is 3.81. The van der Waals surface area contributed by atoms with E-state index in [9.17, 15) is 18.5 Å². The minimum atomic E-state index is -3.77. The molecule has 0 aliphatic rings. The summed E-state index contributed by atoms with van der Waals surface area (Å²) in [5.41, 5.74) is -0.0697. The molecule has 1 N–H and O–H groups in total. The molecule has 0 bridgehead atoms. The maximum Gasteiger partial charge on any atom is 0.311 e. The van der Waals surface area contributed by atoms with Crippen molar-refractivity contribution in [3.63, 3.8) is 0 Å². The molecule has 0 aliphatic heterocycles. The summed E-state index contributed by atoms with van der Waals surface area (Å²) in [6, 6.07) is 5.54. The summed E-state index contributed by atoms with van der Waals surface area (Å²) in [5.74, 6) is 0.268. The summed E-state index contributed by atoms with van der Waals surface area (Å²) in [4.78, 5) is 12.5. The standard InChI is InChI=1S/C13H13N3O6S2/c1-21-11-7-12(22-2)10(16(17)18)6-9(11)8-14-15-24(19,20)13-4-3-5-23-13/h3-8,15H,1-2H3/b14-8+. The number of nitrogens with one attached hydrogen (secondary N) is 1. The molecular weight excluding hydrogens is 358 g/mol. The van der Waals surface area contributed by atoms with E-state index in [1.165, 1.54) is 32.4 Å². The summed E-state index contributed by atoms with van der Waals surface area (Å²) in [5, 5.41) is 16.3. The van der Waals surface area contributed by atoms with Gasteiger partial charge in [0.25, 0.3) is 10.0 Å². The number of nitro groups is 1. The van der Waals surface area contributed by atoms with Crippen molar-refractivity contribution in [3.8, 4) is 11.5 Å². The molecule has 0 radical (unpaired) electrons. The Morgan fingerprint density at radius 2 is 2.00 bits per heavy atom. The minimum absolute atomic E-state index is 0.0215. The quantitative estimate of drug-likeness (QED) is 0.451. The molecular formula is C13H13N3O6S2. The molecule has 11 heteroatoms. The highest BCUT2D eigenvalue weighted by molar-refractivity contribution is 7.91. The normalized spacial score (nSPS) is 11.4. The summed E-state index contributed by atoms with van der Waals surface area (Å²) >= 11 is 1.04. The first kappa shape index (κ1) is 17.7. The second-order valence-corrected chi connectivity index (χ2v) is 7.14. The number of rotatable bonds is 7. The van der Waals surface area contributed by atoms with Crippen molar-refractivity contribution in [1.29, 1.82) is 0 Å². The molecule has 0 saturated carbocycles. The van der Waals surface area contributed by atoms with Crippen LogP contribution in [0.4, 0.5) is 5.69 Å². The number of nitrogens with zero attached hydrogens (tertiary/aromatic N) is 2. The predicted molar refractivity (Wildman–Crippen MR) is 88.4 cm³/mol. The molecule has 1 aromatic carbocycles. The van der Waals surface area contributed by atoms with Crippen LogP contribution >= 0.6 is 11.3 Å². The van der Waals surface area contributed by atoms with Gasteiger partial charge in [-0.15, -0.1) is 11.3 Å². The van der Waals surface area contributed by atoms with Crippen molar-refractivity contribution in [3.05, 3.63) is 45.3 Å². The number of sulfonamides is 1. The van der Waals surface area contributed by atoms with Gasteiger partial charge in [0.2, 0.25) is 5.75 Å². The van der Waals surface area contributed by atoms with Crippen molar-refractivity contribution in [2.24, 2.45) is 5.10 Å². The zero-order valence-corrected chi connectivity index (χ0v) is 14.3. The Balaban J connectivity index is 2.31. The number of hydrogen-bond donors (Lipinski definition) is 1. The number of thiophene rings is 1. The van der Waals surface area contributed by atoms with Crippen LogP contribution in [0.15, 0.2) is 39.0 Å². The predicted octanol–water partition coefficient (Wildman–Crippen LogP) is 1.99. The van der Waals surface area contributed by atoms with Crippen LogP contribution in [0.2, 0.25) is 0 Å². The fourth-order valence-corrected chi connectivity index (χ4v) is 3.55. The molecule has 0 atom stereocenters. The van der Waals surface area contributed by atoms with Crippen molar-refractivity contribution in [2.45, 2.75) is 4.21 Å². The Bertz CT molecular complexity index is 862. The van der Waals surface area contributed by atoms with Crippen LogP contribution in [-0.2, 0) is 10.0 Å². The van der Waals surface area contributed by atoms with Crippen molar-refractivity contribution < 1.29 is 22.8 Å². The lowest BCUT2D eigenvalue weighted by Crippen LogP contribution is -2.17. The van der Waals surface area contributed by atoms with E-state index in [0.29, 0.717) is 0 Å². The van der Waals surface area contributed by atoms with Crippen LogP contribution < -0.4 is 14.3 Å². The third-order valence-electron chi connectivity index (χ3n) is 2.86. The molecule has 0 unspecified atom stereocenters. The van der Waals surface area contributed by atoms with Gasteiger partial charge in [-0.2, -0.15) is 18.4 Å². The first-order chi connectivity index (χ1) is 11.4. The Kier molecular flexibility index (Phi) is 5.36. The molecule has 128 valence electrons. The van der Waals surface area contributed by atoms with Crippen LogP contribution in [0, 0.1) is 10.1 Å². The van der Waals surface area contributed by atoms with Crippen molar-refractivity contribution in [1.82, 2.24) is 4.83 Å². The SMILES string of the molecule is COc1cc(OC)c([N+](=O)[O-])cc1/C=N/NS(=O)(=O)c1cccs1. The maximum atomic E-state index is 11.9. The van der Waals surface area contributed by atoms with Gasteiger partial charge in [-0.1, -0.05) is 6.07 Å². The first-order valence-electron chi connectivity index (χ1n) is 6.38. The minimum Gasteiger partial charge on any atom is -0.496 e. The molecule has 9 nitrogen and oxygen atoms in total. The maximum absolute atomic E-state index is 11.9. The van der Waals surface area contributed by atoms with E-state index in [4.69, 9.17) is 9.47 Å². The van der Waals surface area contributed by atoms with E-state index < -0.39 is 14.9 Å². The van der Waals surface area contributed by atoms with Crippen LogP contribution in [0.1, 0.15) is 5.56 Å². The number of nitro benzene ring substituents is 1. The van der Waals surface area contributed by atoms with Gasteiger partial charge in [0.05, 0.1) is 25.4 Å². The molecule has 1 aromatic heterocycles. The van der Waals surface area contributed by atoms with E-state index in [0.717, 1.165) is 17.6 Å². The molecule has 0 spiro atoms. The summed E-state index contributed by atoms with van der Waals surface area (Å²) < 4.78 is 34.0. The number of hydrazone groups is 1. The lowest BCUT2D eigenvalue weighted by Gasteiger charge is -2.08. The van der Waals surface area contributed by atoms with Crippen molar-refractivity contribution in [2.75, 3.05) is 14.2 Å².